The van der Waals surface area contributed by atoms with Gasteiger partial charge >= 0.3 is 5.97 Å². The summed E-state index contributed by atoms with van der Waals surface area (Å²) in [6.07, 6.45) is 7.16. The molecule has 1 saturated heterocycles. The predicted octanol–water partition coefficient (Wildman–Crippen LogP) is 3.41. The van der Waals surface area contributed by atoms with E-state index in [1.165, 1.54) is 6.33 Å². The van der Waals surface area contributed by atoms with Crippen molar-refractivity contribution in [2.75, 3.05) is 18.0 Å². The number of piperidine rings is 1. The fraction of sp³-hybridized carbons (Fsp3) is 0.500. The molecule has 0 bridgehead atoms. The van der Waals surface area contributed by atoms with E-state index in [1.54, 1.807) is 12.4 Å². The molecule has 0 radical (unpaired) electrons. The molecule has 2 aromatic rings. The second kappa shape index (κ2) is 7.02. The molecule has 0 aromatic carbocycles. The number of aromatic nitrogens is 3. The number of hydrogen-bond acceptors (Lipinski definition) is 5. The van der Waals surface area contributed by atoms with Crippen molar-refractivity contribution in [3.05, 3.63) is 35.7 Å². The van der Waals surface area contributed by atoms with Gasteiger partial charge in [0.1, 0.15) is 6.33 Å². The molecule has 6 nitrogen and oxygen atoms in total. The molecule has 0 spiro atoms. The van der Waals surface area contributed by atoms with Gasteiger partial charge < -0.3 is 10.0 Å². The van der Waals surface area contributed by atoms with Gasteiger partial charge in [-0.25, -0.2) is 9.97 Å². The topological polar surface area (TPSA) is 79.2 Å². The van der Waals surface area contributed by atoms with Crippen molar-refractivity contribution < 1.29 is 9.90 Å². The molecule has 26 heavy (non-hydrogen) atoms. The van der Waals surface area contributed by atoms with E-state index >= 15 is 0 Å². The van der Waals surface area contributed by atoms with Crippen LogP contribution in [0, 0.1) is 19.3 Å². The molecule has 0 saturated carbocycles. The lowest BCUT2D eigenvalue weighted by Crippen LogP contribution is -2.38. The SMILES string of the molecule is Cc1nc(C)c(-c2cncnc2)c(N2CCC(C)(C)CC2)c1CC(=O)O. The highest BCUT2D eigenvalue weighted by Crippen LogP contribution is 2.41. The number of carboxylic acids is 1. The lowest BCUT2D eigenvalue weighted by Gasteiger charge is -2.40. The van der Waals surface area contributed by atoms with Gasteiger partial charge in [0.15, 0.2) is 0 Å². The van der Waals surface area contributed by atoms with Gasteiger partial charge in [0.05, 0.1) is 12.1 Å². The Morgan fingerprint density at radius 3 is 2.35 bits per heavy atom. The first-order valence-corrected chi connectivity index (χ1v) is 9.01. The number of carbonyl (C=O) groups is 1. The lowest BCUT2D eigenvalue weighted by molar-refractivity contribution is -0.136. The number of aliphatic carboxylic acids is 1. The van der Waals surface area contributed by atoms with Gasteiger partial charge in [-0.15, -0.1) is 0 Å². The molecular weight excluding hydrogens is 328 g/mol. The minimum absolute atomic E-state index is 0.0327. The predicted molar refractivity (Wildman–Crippen MR) is 101 cm³/mol. The van der Waals surface area contributed by atoms with Crippen LogP contribution in [0.5, 0.6) is 0 Å². The molecule has 3 heterocycles. The second-order valence-electron chi connectivity index (χ2n) is 7.83. The summed E-state index contributed by atoms with van der Waals surface area (Å²) in [7, 11) is 0. The van der Waals surface area contributed by atoms with Crippen molar-refractivity contribution in [3.8, 4) is 11.1 Å². The quantitative estimate of drug-likeness (QED) is 0.906. The molecule has 1 aliphatic heterocycles. The average molecular weight is 354 g/mol. The Balaban J connectivity index is 2.19. The van der Waals surface area contributed by atoms with Crippen molar-refractivity contribution in [1.29, 1.82) is 0 Å². The maximum atomic E-state index is 11.5. The van der Waals surface area contributed by atoms with Crippen LogP contribution in [0.1, 0.15) is 43.6 Å². The van der Waals surface area contributed by atoms with Gasteiger partial charge in [-0.2, -0.15) is 0 Å². The first-order valence-electron chi connectivity index (χ1n) is 9.01. The van der Waals surface area contributed by atoms with Gasteiger partial charge in [0.25, 0.3) is 0 Å². The summed E-state index contributed by atoms with van der Waals surface area (Å²) < 4.78 is 0. The van der Waals surface area contributed by atoms with Crippen molar-refractivity contribution in [2.24, 2.45) is 5.41 Å². The van der Waals surface area contributed by atoms with Gasteiger partial charge in [-0.3, -0.25) is 9.78 Å². The molecule has 1 fully saturated rings. The van der Waals surface area contributed by atoms with E-state index in [-0.39, 0.29) is 6.42 Å². The van der Waals surface area contributed by atoms with Crippen LogP contribution >= 0.6 is 0 Å². The normalized spacial score (nSPS) is 16.5. The number of carboxylic acid groups (broad SMARTS) is 1. The summed E-state index contributed by atoms with van der Waals surface area (Å²) in [6.45, 7) is 10.3. The number of pyridine rings is 1. The molecule has 0 atom stereocenters. The monoisotopic (exact) mass is 354 g/mol. The molecule has 0 aliphatic carbocycles. The van der Waals surface area contributed by atoms with E-state index in [0.717, 1.165) is 59.7 Å². The third-order valence-electron chi connectivity index (χ3n) is 5.27. The Kier molecular flexibility index (Phi) is 4.94. The van der Waals surface area contributed by atoms with Crippen LogP contribution in [-0.2, 0) is 11.2 Å². The van der Waals surface area contributed by atoms with E-state index in [1.807, 2.05) is 13.8 Å². The van der Waals surface area contributed by atoms with E-state index < -0.39 is 5.97 Å². The van der Waals surface area contributed by atoms with Crippen LogP contribution in [0.4, 0.5) is 5.69 Å². The summed E-state index contributed by atoms with van der Waals surface area (Å²) in [5.41, 5.74) is 5.59. The molecule has 0 amide bonds. The van der Waals surface area contributed by atoms with Crippen LogP contribution in [0.25, 0.3) is 11.1 Å². The van der Waals surface area contributed by atoms with E-state index in [9.17, 15) is 9.90 Å². The zero-order valence-electron chi connectivity index (χ0n) is 15.9. The van der Waals surface area contributed by atoms with E-state index in [2.05, 4.69) is 33.7 Å². The lowest BCUT2D eigenvalue weighted by atomic mass is 9.82. The fourth-order valence-electron chi connectivity index (χ4n) is 3.69. The van der Waals surface area contributed by atoms with Crippen molar-refractivity contribution in [2.45, 2.75) is 47.0 Å². The summed E-state index contributed by atoms with van der Waals surface area (Å²) >= 11 is 0. The Labute approximate surface area is 154 Å². The molecule has 2 aromatic heterocycles. The van der Waals surface area contributed by atoms with Crippen LogP contribution in [0.3, 0.4) is 0 Å². The highest BCUT2D eigenvalue weighted by Gasteiger charge is 2.30. The zero-order chi connectivity index (χ0) is 18.9. The molecule has 138 valence electrons. The number of aryl methyl sites for hydroxylation is 2. The molecule has 3 rings (SSSR count). The van der Waals surface area contributed by atoms with Gasteiger partial charge in [-0.05, 0) is 32.1 Å². The highest BCUT2D eigenvalue weighted by molar-refractivity contribution is 5.85. The summed E-state index contributed by atoms with van der Waals surface area (Å²) in [5, 5.41) is 9.46. The first-order chi connectivity index (χ1) is 12.3. The van der Waals surface area contributed by atoms with Crippen LogP contribution in [0.2, 0.25) is 0 Å². The summed E-state index contributed by atoms with van der Waals surface area (Å²) in [4.78, 5) is 26.8. The maximum absolute atomic E-state index is 11.5. The third kappa shape index (κ3) is 3.69. The van der Waals surface area contributed by atoms with Crippen molar-refractivity contribution >= 4 is 11.7 Å². The Morgan fingerprint density at radius 1 is 1.15 bits per heavy atom. The first kappa shape index (κ1) is 18.3. The number of hydrogen-bond donors (Lipinski definition) is 1. The number of nitrogens with zero attached hydrogens (tertiary/aromatic N) is 4. The largest absolute Gasteiger partial charge is 0.481 e. The summed E-state index contributed by atoms with van der Waals surface area (Å²) in [6, 6.07) is 0. The smallest absolute Gasteiger partial charge is 0.307 e. The Hall–Kier alpha value is -2.50. The standard InChI is InChI=1S/C20H26N4O2/c1-13-16(9-17(25)26)19(24-7-5-20(3,4)6-8-24)18(14(2)23-13)15-10-21-12-22-11-15/h10-12H,5-9H2,1-4H3,(H,25,26). The molecular formula is C20H26N4O2. The Morgan fingerprint density at radius 2 is 1.77 bits per heavy atom. The Bertz CT molecular complexity index is 808. The molecule has 1 aliphatic rings. The zero-order valence-corrected chi connectivity index (χ0v) is 15.9. The summed E-state index contributed by atoms with van der Waals surface area (Å²) in [5.74, 6) is -0.840. The highest BCUT2D eigenvalue weighted by atomic mass is 16.4. The number of rotatable bonds is 4. The molecule has 0 unspecified atom stereocenters. The van der Waals surface area contributed by atoms with Crippen LogP contribution in [-0.4, -0.2) is 39.1 Å². The van der Waals surface area contributed by atoms with Crippen LogP contribution < -0.4 is 4.90 Å². The molecule has 6 heteroatoms. The molecule has 1 N–H and O–H groups in total. The average Bonchev–Trinajstić information content (AvgIpc) is 2.58. The second-order valence-corrected chi connectivity index (χ2v) is 7.83. The number of anilines is 1. The minimum Gasteiger partial charge on any atom is -0.481 e. The van der Waals surface area contributed by atoms with E-state index in [0.29, 0.717) is 5.41 Å². The van der Waals surface area contributed by atoms with Crippen molar-refractivity contribution in [3.63, 3.8) is 0 Å². The fourth-order valence-corrected chi connectivity index (χ4v) is 3.69. The van der Waals surface area contributed by atoms with Gasteiger partial charge in [0.2, 0.25) is 0 Å². The van der Waals surface area contributed by atoms with Gasteiger partial charge in [-0.1, -0.05) is 13.8 Å². The van der Waals surface area contributed by atoms with Crippen molar-refractivity contribution in [1.82, 2.24) is 15.0 Å². The van der Waals surface area contributed by atoms with Crippen LogP contribution in [0.15, 0.2) is 18.7 Å². The van der Waals surface area contributed by atoms with Gasteiger partial charge in [0, 0.05) is 53.6 Å². The third-order valence-corrected chi connectivity index (χ3v) is 5.27. The minimum atomic E-state index is -0.840. The maximum Gasteiger partial charge on any atom is 0.307 e. The van der Waals surface area contributed by atoms with E-state index in [4.69, 9.17) is 0 Å².